The van der Waals surface area contributed by atoms with Crippen LogP contribution in [0.25, 0.3) is 0 Å². The summed E-state index contributed by atoms with van der Waals surface area (Å²) in [5, 5.41) is 15.3. The number of imidazole rings is 1. The van der Waals surface area contributed by atoms with E-state index < -0.39 is 6.10 Å². The average Bonchev–Trinajstić information content (AvgIpc) is 3.05. The number of hydrogen-bond donors (Lipinski definition) is 1. The number of hydrogen-bond acceptors (Lipinski definition) is 4. The van der Waals surface area contributed by atoms with Crippen LogP contribution < -0.4 is 0 Å². The summed E-state index contributed by atoms with van der Waals surface area (Å²) in [6.45, 7) is 1.06. The lowest BCUT2D eigenvalue weighted by atomic mass is 10.2. The highest BCUT2D eigenvalue weighted by Gasteiger charge is 2.30. The average molecular weight is 297 g/mol. The lowest BCUT2D eigenvalue weighted by Gasteiger charge is -2.16. The second-order valence-electron chi connectivity index (χ2n) is 4.95. The monoisotopic (exact) mass is 296 g/mol. The molecular weight excluding hydrogens is 280 g/mol. The van der Waals surface area contributed by atoms with Gasteiger partial charge in [0.25, 0.3) is 0 Å². The predicted octanol–water partition coefficient (Wildman–Crippen LogP) is 1.80. The van der Waals surface area contributed by atoms with Gasteiger partial charge in [0.1, 0.15) is 6.10 Å². The van der Waals surface area contributed by atoms with Crippen molar-refractivity contribution in [3.63, 3.8) is 0 Å². The molecule has 1 aliphatic carbocycles. The van der Waals surface area contributed by atoms with E-state index in [-0.39, 0.29) is 0 Å². The van der Waals surface area contributed by atoms with Crippen LogP contribution in [0, 0.1) is 0 Å². The van der Waals surface area contributed by atoms with E-state index in [0.717, 1.165) is 18.5 Å². The maximum atomic E-state index is 10.6. The first kappa shape index (κ1) is 13.6. The van der Waals surface area contributed by atoms with Crippen LogP contribution in [0.3, 0.4) is 0 Å². The van der Waals surface area contributed by atoms with Gasteiger partial charge in [-0.1, -0.05) is 11.6 Å². The Labute approximate surface area is 121 Å². The van der Waals surface area contributed by atoms with Crippen molar-refractivity contribution in [2.24, 2.45) is 0 Å². The van der Waals surface area contributed by atoms with Crippen molar-refractivity contribution in [2.45, 2.75) is 31.5 Å². The van der Waals surface area contributed by atoms with Gasteiger partial charge in [0.15, 0.2) is 0 Å². The van der Waals surface area contributed by atoms with Crippen LogP contribution in [0.5, 0.6) is 0 Å². The van der Waals surface area contributed by atoms with Crippen LogP contribution in [0.15, 0.2) is 18.7 Å². The first-order valence-corrected chi connectivity index (χ1v) is 7.00. The SMILES string of the molecule is COCCn1ncc(Cl)c1C(O)c1cncn1C1CC1. The van der Waals surface area contributed by atoms with Crippen LogP contribution in [-0.4, -0.2) is 38.2 Å². The predicted molar refractivity (Wildman–Crippen MR) is 73.7 cm³/mol. The number of ether oxygens (including phenoxy) is 1. The minimum absolute atomic E-state index is 0.455. The van der Waals surface area contributed by atoms with Gasteiger partial charge in [-0.25, -0.2) is 4.98 Å². The van der Waals surface area contributed by atoms with Crippen molar-refractivity contribution < 1.29 is 9.84 Å². The third kappa shape index (κ3) is 2.46. The summed E-state index contributed by atoms with van der Waals surface area (Å²) in [7, 11) is 1.63. The maximum Gasteiger partial charge on any atom is 0.139 e. The zero-order valence-electron chi connectivity index (χ0n) is 11.2. The first-order valence-electron chi connectivity index (χ1n) is 6.62. The number of halogens is 1. The van der Waals surface area contributed by atoms with Crippen LogP contribution >= 0.6 is 11.6 Å². The first-order chi connectivity index (χ1) is 9.72. The molecule has 1 saturated carbocycles. The maximum absolute atomic E-state index is 10.6. The van der Waals surface area contributed by atoms with Gasteiger partial charge >= 0.3 is 0 Å². The number of methoxy groups -OCH3 is 1. The largest absolute Gasteiger partial charge is 0.383 e. The molecule has 0 aliphatic heterocycles. The Balaban J connectivity index is 1.91. The molecule has 1 fully saturated rings. The molecule has 0 aromatic carbocycles. The lowest BCUT2D eigenvalue weighted by molar-refractivity contribution is 0.168. The fourth-order valence-corrected chi connectivity index (χ4v) is 2.57. The summed E-state index contributed by atoms with van der Waals surface area (Å²) >= 11 is 6.17. The van der Waals surface area contributed by atoms with E-state index in [2.05, 4.69) is 10.1 Å². The number of nitrogens with zero attached hydrogens (tertiary/aromatic N) is 4. The number of aromatic nitrogens is 4. The van der Waals surface area contributed by atoms with Gasteiger partial charge in [0.05, 0.1) is 48.3 Å². The van der Waals surface area contributed by atoms with E-state index in [1.54, 1.807) is 30.5 Å². The molecule has 7 heteroatoms. The third-order valence-corrected chi connectivity index (χ3v) is 3.81. The highest BCUT2D eigenvalue weighted by molar-refractivity contribution is 6.31. The summed E-state index contributed by atoms with van der Waals surface area (Å²) in [6, 6.07) is 0.455. The summed E-state index contributed by atoms with van der Waals surface area (Å²) in [4.78, 5) is 4.14. The molecule has 0 saturated heterocycles. The lowest BCUT2D eigenvalue weighted by Crippen LogP contribution is -2.15. The second-order valence-corrected chi connectivity index (χ2v) is 5.36. The smallest absolute Gasteiger partial charge is 0.139 e. The minimum atomic E-state index is -0.829. The molecule has 1 aliphatic rings. The van der Waals surface area contributed by atoms with Gasteiger partial charge in [0.2, 0.25) is 0 Å². The third-order valence-electron chi connectivity index (χ3n) is 3.52. The molecule has 0 radical (unpaired) electrons. The zero-order valence-corrected chi connectivity index (χ0v) is 12.0. The van der Waals surface area contributed by atoms with E-state index in [9.17, 15) is 5.11 Å². The van der Waals surface area contributed by atoms with Crippen LogP contribution in [0.2, 0.25) is 5.02 Å². The molecular formula is C13H17ClN4O2. The van der Waals surface area contributed by atoms with E-state index >= 15 is 0 Å². The van der Waals surface area contributed by atoms with Crippen molar-refractivity contribution in [3.05, 3.63) is 35.1 Å². The molecule has 0 bridgehead atoms. The fourth-order valence-electron chi connectivity index (χ4n) is 2.32. The van der Waals surface area contributed by atoms with Crippen LogP contribution in [0.4, 0.5) is 0 Å². The summed E-state index contributed by atoms with van der Waals surface area (Å²) < 4.78 is 8.75. The quantitative estimate of drug-likeness (QED) is 0.883. The van der Waals surface area contributed by atoms with E-state index in [1.165, 1.54) is 0 Å². The Hall–Kier alpha value is -1.37. The van der Waals surface area contributed by atoms with Crippen LogP contribution in [0.1, 0.15) is 36.4 Å². The van der Waals surface area contributed by atoms with Crippen LogP contribution in [-0.2, 0) is 11.3 Å². The summed E-state index contributed by atoms with van der Waals surface area (Å²) in [5.41, 5.74) is 1.35. The normalized spacial score (nSPS) is 16.6. The van der Waals surface area contributed by atoms with Crippen molar-refractivity contribution in [3.8, 4) is 0 Å². The molecule has 6 nitrogen and oxygen atoms in total. The van der Waals surface area contributed by atoms with E-state index in [0.29, 0.717) is 29.9 Å². The molecule has 2 aromatic rings. The molecule has 108 valence electrons. The summed E-state index contributed by atoms with van der Waals surface area (Å²) in [5.74, 6) is 0. The molecule has 2 aromatic heterocycles. The summed E-state index contributed by atoms with van der Waals surface area (Å²) in [6.07, 6.45) is 6.44. The standard InChI is InChI=1S/C13H17ClN4O2/c1-20-5-4-18-12(10(14)6-16-18)13(19)11-7-15-8-17(11)9-2-3-9/h6-9,13,19H,2-5H2,1H3. The van der Waals surface area contributed by atoms with Gasteiger partial charge in [-0.05, 0) is 12.8 Å². The van der Waals surface area contributed by atoms with Gasteiger partial charge in [-0.3, -0.25) is 4.68 Å². The van der Waals surface area contributed by atoms with Crippen molar-refractivity contribution in [1.82, 2.24) is 19.3 Å². The Morgan fingerprint density at radius 3 is 3.00 bits per heavy atom. The van der Waals surface area contributed by atoms with E-state index in [4.69, 9.17) is 16.3 Å². The van der Waals surface area contributed by atoms with Gasteiger partial charge in [-0.2, -0.15) is 5.10 Å². The molecule has 0 spiro atoms. The topological polar surface area (TPSA) is 65.1 Å². The number of rotatable bonds is 6. The Morgan fingerprint density at radius 2 is 2.30 bits per heavy atom. The molecule has 20 heavy (non-hydrogen) atoms. The molecule has 1 atom stereocenters. The van der Waals surface area contributed by atoms with Gasteiger partial charge < -0.3 is 14.4 Å². The van der Waals surface area contributed by atoms with E-state index in [1.807, 2.05) is 4.57 Å². The highest BCUT2D eigenvalue weighted by Crippen LogP contribution is 2.38. The second kappa shape index (κ2) is 5.55. The number of aliphatic hydroxyl groups is 1. The Kier molecular flexibility index (Phi) is 3.78. The Morgan fingerprint density at radius 1 is 1.50 bits per heavy atom. The molecule has 0 amide bonds. The molecule has 3 rings (SSSR count). The number of aliphatic hydroxyl groups excluding tert-OH is 1. The zero-order chi connectivity index (χ0) is 14.1. The van der Waals surface area contributed by atoms with Crippen molar-refractivity contribution in [1.29, 1.82) is 0 Å². The highest BCUT2D eigenvalue weighted by atomic mass is 35.5. The van der Waals surface area contributed by atoms with Gasteiger partial charge in [-0.15, -0.1) is 0 Å². The molecule has 1 N–H and O–H groups in total. The fraction of sp³-hybridized carbons (Fsp3) is 0.538. The molecule has 1 unspecified atom stereocenters. The minimum Gasteiger partial charge on any atom is -0.383 e. The van der Waals surface area contributed by atoms with Crippen molar-refractivity contribution >= 4 is 11.6 Å². The molecule has 2 heterocycles. The van der Waals surface area contributed by atoms with Gasteiger partial charge in [0, 0.05) is 13.2 Å². The Bertz CT molecular complexity index is 591. The van der Waals surface area contributed by atoms with Crippen molar-refractivity contribution in [2.75, 3.05) is 13.7 Å².